The van der Waals surface area contributed by atoms with Gasteiger partial charge in [0.15, 0.2) is 5.82 Å². The smallest absolute Gasteiger partial charge is 0.257 e. The molecule has 1 aromatic heterocycles. The first kappa shape index (κ1) is 11.3. The van der Waals surface area contributed by atoms with Gasteiger partial charge in [0.2, 0.25) is 0 Å². The van der Waals surface area contributed by atoms with Gasteiger partial charge in [-0.25, -0.2) is 0 Å². The lowest BCUT2D eigenvalue weighted by molar-refractivity contribution is 0.102. The summed E-state index contributed by atoms with van der Waals surface area (Å²) in [6.07, 6.45) is 1.66. The Hall–Kier alpha value is -2.17. The minimum atomic E-state index is -0.160. The molecule has 5 heteroatoms. The lowest BCUT2D eigenvalue weighted by Crippen LogP contribution is -2.13. The number of nitrogens with zero attached hydrogens (tertiary/aromatic N) is 3. The molecule has 5 nitrogen and oxygen atoms in total. The number of aromatic nitrogens is 3. The molecule has 1 heterocycles. The Bertz CT molecular complexity index is 559. The van der Waals surface area contributed by atoms with Crippen molar-refractivity contribution in [3.8, 4) is 0 Å². The lowest BCUT2D eigenvalue weighted by atomic mass is 10.1. The Kier molecular flexibility index (Phi) is 2.91. The minimum absolute atomic E-state index is 0.160. The predicted octanol–water partition coefficient (Wildman–Crippen LogP) is 1.68. The van der Waals surface area contributed by atoms with Crippen LogP contribution in [0.5, 0.6) is 0 Å². The molecule has 0 aliphatic rings. The van der Waals surface area contributed by atoms with Gasteiger partial charge in [0.05, 0.1) is 6.20 Å². The van der Waals surface area contributed by atoms with Crippen molar-refractivity contribution in [1.82, 2.24) is 15.0 Å². The third kappa shape index (κ3) is 2.50. The summed E-state index contributed by atoms with van der Waals surface area (Å²) in [4.78, 5) is 12.0. The van der Waals surface area contributed by atoms with Crippen molar-refractivity contribution >= 4 is 11.7 Å². The third-order valence-corrected chi connectivity index (χ3v) is 2.48. The van der Waals surface area contributed by atoms with E-state index in [0.29, 0.717) is 11.4 Å². The molecule has 0 saturated carbocycles. The highest BCUT2D eigenvalue weighted by Gasteiger charge is 2.10. The zero-order valence-corrected chi connectivity index (χ0v) is 10.1. The minimum Gasteiger partial charge on any atom is -0.304 e. The molecule has 0 atom stereocenters. The van der Waals surface area contributed by atoms with Crippen LogP contribution in [0.2, 0.25) is 0 Å². The van der Waals surface area contributed by atoms with E-state index in [-0.39, 0.29) is 5.91 Å². The molecule has 0 radical (unpaired) electrons. The van der Waals surface area contributed by atoms with E-state index in [1.807, 2.05) is 32.0 Å². The number of amides is 1. The zero-order valence-electron chi connectivity index (χ0n) is 10.1. The first-order chi connectivity index (χ1) is 8.06. The summed E-state index contributed by atoms with van der Waals surface area (Å²) in [6, 6.07) is 5.77. The molecule has 0 bridgehead atoms. The van der Waals surface area contributed by atoms with Crippen molar-refractivity contribution in [2.45, 2.75) is 13.8 Å². The van der Waals surface area contributed by atoms with Gasteiger partial charge in [-0.3, -0.25) is 9.48 Å². The summed E-state index contributed by atoms with van der Waals surface area (Å²) in [5.74, 6) is 0.296. The van der Waals surface area contributed by atoms with Crippen molar-refractivity contribution in [1.29, 1.82) is 0 Å². The van der Waals surface area contributed by atoms with E-state index >= 15 is 0 Å². The number of anilines is 1. The van der Waals surface area contributed by atoms with Crippen LogP contribution in [0.4, 0.5) is 5.82 Å². The summed E-state index contributed by atoms with van der Waals surface area (Å²) in [5, 5.41) is 10.3. The van der Waals surface area contributed by atoms with Crippen LogP contribution in [-0.2, 0) is 7.05 Å². The molecule has 0 unspecified atom stereocenters. The standard InChI is InChI=1S/C12H14N4O/c1-8-4-5-9(2)10(6-8)12(17)13-11-7-16(3)15-14-11/h4-7H,1-3H3,(H,13,17). The number of aryl methyl sites for hydroxylation is 3. The molecular formula is C12H14N4O. The topological polar surface area (TPSA) is 59.8 Å². The van der Waals surface area contributed by atoms with Crippen molar-refractivity contribution in [3.05, 3.63) is 41.1 Å². The Labute approximate surface area is 99.5 Å². The summed E-state index contributed by atoms with van der Waals surface area (Å²) in [5.41, 5.74) is 2.66. The van der Waals surface area contributed by atoms with Gasteiger partial charge in [-0.1, -0.05) is 22.9 Å². The average Bonchev–Trinajstić information content (AvgIpc) is 2.67. The van der Waals surface area contributed by atoms with E-state index in [0.717, 1.165) is 11.1 Å². The number of hydrogen-bond acceptors (Lipinski definition) is 3. The molecule has 0 aliphatic heterocycles. The van der Waals surface area contributed by atoms with E-state index in [1.165, 1.54) is 0 Å². The highest BCUT2D eigenvalue weighted by molar-refractivity contribution is 6.04. The maximum Gasteiger partial charge on any atom is 0.257 e. The molecule has 1 amide bonds. The van der Waals surface area contributed by atoms with Crippen LogP contribution in [-0.4, -0.2) is 20.9 Å². The van der Waals surface area contributed by atoms with Crippen molar-refractivity contribution in [3.63, 3.8) is 0 Å². The Morgan fingerprint density at radius 1 is 1.35 bits per heavy atom. The fourth-order valence-corrected chi connectivity index (χ4v) is 1.57. The third-order valence-electron chi connectivity index (χ3n) is 2.48. The van der Waals surface area contributed by atoms with Crippen LogP contribution in [0, 0.1) is 13.8 Å². The molecule has 2 rings (SSSR count). The van der Waals surface area contributed by atoms with Gasteiger partial charge in [-0.15, -0.1) is 5.10 Å². The fraction of sp³-hybridized carbons (Fsp3) is 0.250. The lowest BCUT2D eigenvalue weighted by Gasteiger charge is -2.06. The maximum atomic E-state index is 12.0. The highest BCUT2D eigenvalue weighted by atomic mass is 16.1. The van der Waals surface area contributed by atoms with E-state index in [1.54, 1.807) is 17.9 Å². The van der Waals surface area contributed by atoms with Gasteiger partial charge in [0.1, 0.15) is 0 Å². The van der Waals surface area contributed by atoms with Gasteiger partial charge in [0.25, 0.3) is 5.91 Å². The van der Waals surface area contributed by atoms with E-state index < -0.39 is 0 Å². The average molecular weight is 230 g/mol. The molecule has 1 N–H and O–H groups in total. The molecular weight excluding hydrogens is 216 g/mol. The van der Waals surface area contributed by atoms with Crippen LogP contribution in [0.15, 0.2) is 24.4 Å². The Balaban J connectivity index is 2.22. The first-order valence-corrected chi connectivity index (χ1v) is 5.31. The largest absolute Gasteiger partial charge is 0.304 e. The van der Waals surface area contributed by atoms with Crippen molar-refractivity contribution in [2.75, 3.05) is 5.32 Å². The molecule has 17 heavy (non-hydrogen) atoms. The van der Waals surface area contributed by atoms with Crippen LogP contribution < -0.4 is 5.32 Å². The summed E-state index contributed by atoms with van der Waals surface area (Å²) >= 11 is 0. The molecule has 0 saturated heterocycles. The number of rotatable bonds is 2. The predicted molar refractivity (Wildman–Crippen MR) is 64.9 cm³/mol. The van der Waals surface area contributed by atoms with E-state index in [9.17, 15) is 4.79 Å². The highest BCUT2D eigenvalue weighted by Crippen LogP contribution is 2.12. The maximum absolute atomic E-state index is 12.0. The van der Waals surface area contributed by atoms with Gasteiger partial charge in [-0.05, 0) is 25.5 Å². The number of carbonyl (C=O) groups is 1. The Morgan fingerprint density at radius 2 is 2.12 bits per heavy atom. The second-order valence-corrected chi connectivity index (χ2v) is 4.05. The molecule has 88 valence electrons. The molecule has 1 aromatic carbocycles. The second-order valence-electron chi connectivity index (χ2n) is 4.05. The number of carbonyl (C=O) groups excluding carboxylic acids is 1. The van der Waals surface area contributed by atoms with Gasteiger partial charge < -0.3 is 5.32 Å². The van der Waals surface area contributed by atoms with Crippen LogP contribution in [0.25, 0.3) is 0 Å². The summed E-state index contributed by atoms with van der Waals surface area (Å²) < 4.78 is 1.54. The van der Waals surface area contributed by atoms with Crippen LogP contribution in [0.1, 0.15) is 21.5 Å². The second kappa shape index (κ2) is 4.37. The number of hydrogen-bond donors (Lipinski definition) is 1. The first-order valence-electron chi connectivity index (χ1n) is 5.31. The van der Waals surface area contributed by atoms with Gasteiger partial charge in [0, 0.05) is 12.6 Å². The zero-order chi connectivity index (χ0) is 12.4. The summed E-state index contributed by atoms with van der Waals surface area (Å²) in [7, 11) is 1.75. The fourth-order valence-electron chi connectivity index (χ4n) is 1.57. The molecule has 0 spiro atoms. The molecule has 0 aliphatic carbocycles. The van der Waals surface area contributed by atoms with E-state index in [4.69, 9.17) is 0 Å². The Morgan fingerprint density at radius 3 is 2.76 bits per heavy atom. The normalized spacial score (nSPS) is 10.3. The summed E-state index contributed by atoms with van der Waals surface area (Å²) in [6.45, 7) is 3.86. The molecule has 2 aromatic rings. The van der Waals surface area contributed by atoms with Crippen molar-refractivity contribution in [2.24, 2.45) is 7.05 Å². The number of benzene rings is 1. The van der Waals surface area contributed by atoms with Gasteiger partial charge >= 0.3 is 0 Å². The molecule has 0 fully saturated rings. The number of nitrogens with one attached hydrogen (secondary N) is 1. The van der Waals surface area contributed by atoms with Gasteiger partial charge in [-0.2, -0.15) is 0 Å². The van der Waals surface area contributed by atoms with Crippen molar-refractivity contribution < 1.29 is 4.79 Å². The SMILES string of the molecule is Cc1ccc(C)c(C(=O)Nc2cn(C)nn2)c1. The van der Waals surface area contributed by atoms with Crippen LogP contribution in [0.3, 0.4) is 0 Å². The quantitative estimate of drug-likeness (QED) is 0.854. The van der Waals surface area contributed by atoms with E-state index in [2.05, 4.69) is 15.6 Å². The van der Waals surface area contributed by atoms with Crippen LogP contribution >= 0.6 is 0 Å². The monoisotopic (exact) mass is 230 g/mol.